The van der Waals surface area contributed by atoms with Crippen molar-refractivity contribution in [3.05, 3.63) is 0 Å². The Labute approximate surface area is 68.9 Å². The van der Waals surface area contributed by atoms with E-state index in [4.69, 9.17) is 4.74 Å². The largest absolute Gasteiger partial charge is 0.378 e. The maximum atomic E-state index is 9.93. The molecular formula is C9H18O2. The van der Waals surface area contributed by atoms with Gasteiger partial charge in [0.05, 0.1) is 6.10 Å². The topological polar surface area (TPSA) is 26.3 Å². The lowest BCUT2D eigenvalue weighted by Crippen LogP contribution is -2.10. The van der Waals surface area contributed by atoms with E-state index in [0.29, 0.717) is 12.5 Å². The number of rotatable bonds is 7. The predicted molar refractivity (Wildman–Crippen MR) is 45.6 cm³/mol. The Morgan fingerprint density at radius 2 is 2.00 bits per heavy atom. The molecule has 0 amide bonds. The van der Waals surface area contributed by atoms with Gasteiger partial charge in [-0.05, 0) is 19.3 Å². The summed E-state index contributed by atoms with van der Waals surface area (Å²) in [6, 6.07) is 0. The Kier molecular flexibility index (Phi) is 7.47. The first-order valence-electron chi connectivity index (χ1n) is 4.40. The molecule has 0 aliphatic heterocycles. The fraction of sp³-hybridized carbons (Fsp3) is 0.889. The van der Waals surface area contributed by atoms with Crippen molar-refractivity contribution in [3.63, 3.8) is 0 Å². The molecule has 0 aromatic rings. The zero-order valence-electron chi connectivity index (χ0n) is 7.51. The molecule has 0 bridgehead atoms. The summed E-state index contributed by atoms with van der Waals surface area (Å²) in [5, 5.41) is 0. The Bertz CT molecular complexity index is 87.6. The molecule has 0 radical (unpaired) electrons. The number of carbonyl (C=O) groups excluding carboxylic acids is 1. The van der Waals surface area contributed by atoms with Gasteiger partial charge in [-0.15, -0.1) is 0 Å². The highest BCUT2D eigenvalue weighted by Gasteiger charge is 2.01. The summed E-state index contributed by atoms with van der Waals surface area (Å²) in [5.41, 5.74) is 0. The molecule has 11 heavy (non-hydrogen) atoms. The van der Waals surface area contributed by atoms with E-state index >= 15 is 0 Å². The van der Waals surface area contributed by atoms with Crippen LogP contribution in [0.4, 0.5) is 0 Å². The van der Waals surface area contributed by atoms with Gasteiger partial charge in [0.1, 0.15) is 6.29 Å². The second-order valence-corrected chi connectivity index (χ2v) is 2.62. The monoisotopic (exact) mass is 158 g/mol. The zero-order valence-corrected chi connectivity index (χ0v) is 7.51. The molecule has 0 aromatic heterocycles. The number of carbonyl (C=O) groups is 1. The van der Waals surface area contributed by atoms with Gasteiger partial charge in [-0.25, -0.2) is 0 Å². The zero-order chi connectivity index (χ0) is 8.53. The van der Waals surface area contributed by atoms with Crippen LogP contribution in [0.25, 0.3) is 0 Å². The van der Waals surface area contributed by atoms with Crippen LogP contribution in [0.2, 0.25) is 0 Å². The Morgan fingerprint density at radius 1 is 1.36 bits per heavy atom. The second-order valence-electron chi connectivity index (χ2n) is 2.62. The quantitative estimate of drug-likeness (QED) is 0.419. The Hall–Kier alpha value is -0.370. The summed E-state index contributed by atoms with van der Waals surface area (Å²) >= 11 is 0. The van der Waals surface area contributed by atoms with Crippen LogP contribution < -0.4 is 0 Å². The smallest absolute Gasteiger partial charge is 0.120 e. The van der Waals surface area contributed by atoms with E-state index in [0.717, 1.165) is 32.2 Å². The van der Waals surface area contributed by atoms with Gasteiger partial charge >= 0.3 is 0 Å². The van der Waals surface area contributed by atoms with Gasteiger partial charge in [0.25, 0.3) is 0 Å². The first-order chi connectivity index (χ1) is 5.35. The summed E-state index contributed by atoms with van der Waals surface area (Å²) in [5.74, 6) is 0. The Morgan fingerprint density at radius 3 is 2.45 bits per heavy atom. The maximum Gasteiger partial charge on any atom is 0.120 e. The normalized spacial score (nSPS) is 10.5. The third-order valence-electron chi connectivity index (χ3n) is 1.73. The Balaban J connectivity index is 3.13. The first-order valence-corrected chi connectivity index (χ1v) is 4.40. The molecule has 0 rings (SSSR count). The lowest BCUT2D eigenvalue weighted by molar-refractivity contribution is -0.108. The van der Waals surface area contributed by atoms with Gasteiger partial charge in [-0.3, -0.25) is 0 Å². The van der Waals surface area contributed by atoms with E-state index in [1.54, 1.807) is 0 Å². The van der Waals surface area contributed by atoms with E-state index in [1.807, 2.05) is 0 Å². The van der Waals surface area contributed by atoms with Crippen molar-refractivity contribution in [2.75, 3.05) is 6.61 Å². The number of aldehydes is 1. The molecule has 0 heterocycles. The average Bonchev–Trinajstić information content (AvgIpc) is 2.05. The molecule has 0 fully saturated rings. The van der Waals surface area contributed by atoms with Crippen LogP contribution in [-0.4, -0.2) is 19.0 Å². The molecule has 2 nitrogen and oxygen atoms in total. The van der Waals surface area contributed by atoms with Crippen molar-refractivity contribution in [3.8, 4) is 0 Å². The van der Waals surface area contributed by atoms with Crippen LogP contribution in [0.1, 0.15) is 39.5 Å². The van der Waals surface area contributed by atoms with E-state index in [9.17, 15) is 4.79 Å². The molecule has 0 saturated carbocycles. The molecule has 0 N–H and O–H groups in total. The van der Waals surface area contributed by atoms with E-state index in [-0.39, 0.29) is 0 Å². The van der Waals surface area contributed by atoms with Gasteiger partial charge in [-0.1, -0.05) is 13.8 Å². The summed E-state index contributed by atoms with van der Waals surface area (Å²) in [7, 11) is 0. The number of unbranched alkanes of at least 4 members (excludes halogenated alkanes) is 1. The highest BCUT2D eigenvalue weighted by atomic mass is 16.5. The lowest BCUT2D eigenvalue weighted by Gasteiger charge is -2.12. The van der Waals surface area contributed by atoms with Gasteiger partial charge in [0.2, 0.25) is 0 Å². The lowest BCUT2D eigenvalue weighted by atomic mass is 10.2. The summed E-state index contributed by atoms with van der Waals surface area (Å²) in [6.45, 7) is 4.97. The highest BCUT2D eigenvalue weighted by Crippen LogP contribution is 2.03. The van der Waals surface area contributed by atoms with Gasteiger partial charge < -0.3 is 9.53 Å². The summed E-state index contributed by atoms with van der Waals surface area (Å²) < 4.78 is 5.48. The molecule has 0 unspecified atom stereocenters. The molecule has 2 heteroatoms. The van der Waals surface area contributed by atoms with Crippen LogP contribution in [0, 0.1) is 0 Å². The minimum Gasteiger partial charge on any atom is -0.378 e. The van der Waals surface area contributed by atoms with Gasteiger partial charge in [-0.2, -0.15) is 0 Å². The van der Waals surface area contributed by atoms with Gasteiger partial charge in [0, 0.05) is 13.0 Å². The first kappa shape index (κ1) is 10.6. The molecule has 0 spiro atoms. The molecule has 0 saturated heterocycles. The number of ether oxygens (including phenoxy) is 1. The molecular weight excluding hydrogens is 140 g/mol. The van der Waals surface area contributed by atoms with Crippen molar-refractivity contribution < 1.29 is 9.53 Å². The van der Waals surface area contributed by atoms with E-state index in [2.05, 4.69) is 13.8 Å². The minimum atomic E-state index is 0.390. The minimum absolute atomic E-state index is 0.390. The molecule has 0 atom stereocenters. The third-order valence-corrected chi connectivity index (χ3v) is 1.73. The van der Waals surface area contributed by atoms with Crippen LogP contribution >= 0.6 is 0 Å². The van der Waals surface area contributed by atoms with Crippen molar-refractivity contribution in [2.24, 2.45) is 0 Å². The fourth-order valence-electron chi connectivity index (χ4n) is 0.941. The van der Waals surface area contributed by atoms with E-state index in [1.165, 1.54) is 0 Å². The van der Waals surface area contributed by atoms with Crippen LogP contribution in [0.3, 0.4) is 0 Å². The highest BCUT2D eigenvalue weighted by molar-refractivity contribution is 5.48. The third kappa shape index (κ3) is 6.05. The van der Waals surface area contributed by atoms with Crippen molar-refractivity contribution in [1.82, 2.24) is 0 Å². The summed E-state index contributed by atoms with van der Waals surface area (Å²) in [6.07, 6.45) is 4.95. The predicted octanol–water partition coefficient (Wildman–Crippen LogP) is 2.17. The second kappa shape index (κ2) is 7.73. The fourth-order valence-corrected chi connectivity index (χ4v) is 0.941. The number of hydrogen-bond acceptors (Lipinski definition) is 2. The average molecular weight is 158 g/mol. The van der Waals surface area contributed by atoms with Gasteiger partial charge in [0.15, 0.2) is 0 Å². The summed E-state index contributed by atoms with van der Waals surface area (Å²) in [4.78, 5) is 9.93. The molecule has 66 valence electrons. The van der Waals surface area contributed by atoms with Crippen molar-refractivity contribution >= 4 is 6.29 Å². The molecule has 0 aliphatic carbocycles. The molecule has 0 aromatic carbocycles. The number of hydrogen-bond donors (Lipinski definition) is 0. The standard InChI is InChI=1S/C9H18O2/c1-3-9(4-2)11-8-6-5-7-10/h7,9H,3-6,8H2,1-2H3. The maximum absolute atomic E-state index is 9.93. The van der Waals surface area contributed by atoms with Crippen molar-refractivity contribution in [2.45, 2.75) is 45.6 Å². The van der Waals surface area contributed by atoms with Crippen LogP contribution in [0.15, 0.2) is 0 Å². The van der Waals surface area contributed by atoms with Crippen LogP contribution in [0.5, 0.6) is 0 Å². The molecule has 0 aliphatic rings. The van der Waals surface area contributed by atoms with Crippen LogP contribution in [-0.2, 0) is 9.53 Å². The van der Waals surface area contributed by atoms with E-state index < -0.39 is 0 Å². The SMILES string of the molecule is CCC(CC)OCCCC=O. The van der Waals surface area contributed by atoms with Crippen molar-refractivity contribution in [1.29, 1.82) is 0 Å².